The molecule has 1 aliphatic carbocycles. The van der Waals surface area contributed by atoms with Gasteiger partial charge in [-0.05, 0) is 43.4 Å². The average Bonchev–Trinajstić information content (AvgIpc) is 2.42. The molecule has 102 valence electrons. The Morgan fingerprint density at radius 2 is 2.21 bits per heavy atom. The van der Waals surface area contributed by atoms with Crippen LogP contribution in [0.5, 0.6) is 11.5 Å². The van der Waals surface area contributed by atoms with Gasteiger partial charge in [-0.15, -0.1) is 0 Å². The third-order valence-electron chi connectivity index (χ3n) is 4.65. The summed E-state index contributed by atoms with van der Waals surface area (Å²) >= 11 is 0. The Bertz CT molecular complexity index is 509. The number of hydrogen-bond donors (Lipinski definition) is 0. The Morgan fingerprint density at radius 3 is 2.95 bits per heavy atom. The van der Waals surface area contributed by atoms with Crippen molar-refractivity contribution in [3.8, 4) is 11.5 Å². The quantitative estimate of drug-likeness (QED) is 0.773. The Balaban J connectivity index is 1.98. The first-order chi connectivity index (χ1) is 9.14. The lowest BCUT2D eigenvalue weighted by Gasteiger charge is -2.45. The summed E-state index contributed by atoms with van der Waals surface area (Å²) in [5.41, 5.74) is 0.402. The normalized spacial score (nSPS) is 29.8. The molecule has 2 atom stereocenters. The summed E-state index contributed by atoms with van der Waals surface area (Å²) in [6, 6.07) is 5.52. The molecule has 3 heteroatoms. The van der Waals surface area contributed by atoms with Gasteiger partial charge in [0.15, 0.2) is 5.78 Å². The summed E-state index contributed by atoms with van der Waals surface area (Å²) in [6.45, 7) is 2.21. The second kappa shape index (κ2) is 4.55. The van der Waals surface area contributed by atoms with Crippen LogP contribution in [0.4, 0.5) is 0 Å². The molecular formula is C16H20O3. The highest BCUT2D eigenvalue weighted by Gasteiger charge is 2.45. The molecule has 0 amide bonds. The van der Waals surface area contributed by atoms with Crippen LogP contribution in [-0.4, -0.2) is 18.5 Å². The molecule has 19 heavy (non-hydrogen) atoms. The van der Waals surface area contributed by atoms with Crippen LogP contribution in [0.2, 0.25) is 0 Å². The highest BCUT2D eigenvalue weighted by molar-refractivity contribution is 6.00. The first-order valence-electron chi connectivity index (χ1n) is 7.05. The van der Waals surface area contributed by atoms with Gasteiger partial charge in [0.2, 0.25) is 0 Å². The maximum absolute atomic E-state index is 12.4. The van der Waals surface area contributed by atoms with Crippen molar-refractivity contribution in [3.05, 3.63) is 23.8 Å². The molecule has 2 unspecified atom stereocenters. The minimum atomic E-state index is -0.267. The van der Waals surface area contributed by atoms with Crippen LogP contribution < -0.4 is 9.47 Å². The van der Waals surface area contributed by atoms with Crippen LogP contribution in [0.3, 0.4) is 0 Å². The van der Waals surface area contributed by atoms with E-state index in [0.717, 1.165) is 25.0 Å². The molecule has 3 rings (SSSR count). The van der Waals surface area contributed by atoms with Crippen LogP contribution in [-0.2, 0) is 0 Å². The van der Waals surface area contributed by atoms with E-state index in [1.165, 1.54) is 6.42 Å². The fourth-order valence-corrected chi connectivity index (χ4v) is 3.36. The molecule has 1 heterocycles. The summed E-state index contributed by atoms with van der Waals surface area (Å²) in [6.07, 6.45) is 5.05. The van der Waals surface area contributed by atoms with Gasteiger partial charge in [-0.1, -0.05) is 13.3 Å². The van der Waals surface area contributed by atoms with Crippen molar-refractivity contribution < 1.29 is 14.3 Å². The summed E-state index contributed by atoms with van der Waals surface area (Å²) in [5, 5.41) is 0. The zero-order chi connectivity index (χ0) is 13.5. The molecule has 1 fully saturated rings. The van der Waals surface area contributed by atoms with Crippen LogP contribution in [0.25, 0.3) is 0 Å². The number of rotatable bonds is 1. The number of benzene rings is 1. The van der Waals surface area contributed by atoms with E-state index in [-0.39, 0.29) is 11.4 Å². The number of carbonyl (C=O) groups excluding carboxylic acids is 1. The highest BCUT2D eigenvalue weighted by atomic mass is 16.5. The molecule has 0 radical (unpaired) electrons. The van der Waals surface area contributed by atoms with Gasteiger partial charge in [0, 0.05) is 0 Å². The van der Waals surface area contributed by atoms with Crippen LogP contribution in [0.15, 0.2) is 18.2 Å². The van der Waals surface area contributed by atoms with E-state index in [9.17, 15) is 4.79 Å². The van der Waals surface area contributed by atoms with E-state index in [1.807, 2.05) is 12.1 Å². The van der Waals surface area contributed by atoms with Crippen molar-refractivity contribution in [1.29, 1.82) is 0 Å². The monoisotopic (exact) mass is 260 g/mol. The minimum absolute atomic E-state index is 0.189. The molecule has 1 saturated carbocycles. The van der Waals surface area contributed by atoms with Gasteiger partial charge in [-0.2, -0.15) is 0 Å². The molecule has 1 aromatic rings. The van der Waals surface area contributed by atoms with Crippen LogP contribution in [0.1, 0.15) is 49.4 Å². The van der Waals surface area contributed by atoms with Gasteiger partial charge < -0.3 is 9.47 Å². The molecule has 0 aromatic heterocycles. The van der Waals surface area contributed by atoms with Crippen molar-refractivity contribution in [3.63, 3.8) is 0 Å². The fraction of sp³-hybridized carbons (Fsp3) is 0.562. The Kier molecular flexibility index (Phi) is 3.00. The molecule has 1 aromatic carbocycles. The van der Waals surface area contributed by atoms with Gasteiger partial charge in [0.25, 0.3) is 0 Å². The molecule has 1 aliphatic heterocycles. The fourth-order valence-electron chi connectivity index (χ4n) is 3.36. The molecule has 0 saturated heterocycles. The van der Waals surface area contributed by atoms with Crippen molar-refractivity contribution in [1.82, 2.24) is 0 Å². The summed E-state index contributed by atoms with van der Waals surface area (Å²) in [4.78, 5) is 12.4. The first kappa shape index (κ1) is 12.5. The average molecular weight is 260 g/mol. The number of carbonyl (C=O) groups is 1. The Hall–Kier alpha value is -1.51. The lowest BCUT2D eigenvalue weighted by Crippen LogP contribution is -2.49. The van der Waals surface area contributed by atoms with Crippen molar-refractivity contribution in [2.24, 2.45) is 5.92 Å². The number of hydrogen-bond acceptors (Lipinski definition) is 3. The number of ketones is 1. The lowest BCUT2D eigenvalue weighted by atomic mass is 9.71. The van der Waals surface area contributed by atoms with Gasteiger partial charge in [0.05, 0.1) is 19.1 Å². The molecule has 2 aliphatic rings. The molecule has 0 bridgehead atoms. The minimum Gasteiger partial charge on any atom is -0.497 e. The van der Waals surface area contributed by atoms with E-state index in [2.05, 4.69) is 6.92 Å². The summed E-state index contributed by atoms with van der Waals surface area (Å²) in [7, 11) is 1.61. The predicted molar refractivity (Wildman–Crippen MR) is 72.9 cm³/mol. The summed E-state index contributed by atoms with van der Waals surface area (Å²) in [5.74, 6) is 2.07. The molecular weight excluding hydrogens is 240 g/mol. The van der Waals surface area contributed by atoms with E-state index >= 15 is 0 Å². The third-order valence-corrected chi connectivity index (χ3v) is 4.65. The van der Waals surface area contributed by atoms with Crippen LogP contribution in [0, 0.1) is 5.92 Å². The number of fused-ring (bicyclic) bond motifs is 1. The Labute approximate surface area is 113 Å². The SMILES string of the molecule is COc1ccc2c(c1)C(=O)CC1(CCCCC1C)O2. The van der Waals surface area contributed by atoms with Gasteiger partial charge >= 0.3 is 0 Å². The molecule has 3 nitrogen and oxygen atoms in total. The maximum atomic E-state index is 12.4. The Morgan fingerprint density at radius 1 is 1.37 bits per heavy atom. The zero-order valence-electron chi connectivity index (χ0n) is 11.6. The molecule has 1 spiro atoms. The number of Topliss-reactive ketones (excluding diaryl/α,β-unsaturated/α-hetero) is 1. The van der Waals surface area contributed by atoms with Gasteiger partial charge in [0.1, 0.15) is 17.1 Å². The second-order valence-electron chi connectivity index (χ2n) is 5.78. The van der Waals surface area contributed by atoms with Crippen LogP contribution >= 0.6 is 0 Å². The molecule has 0 N–H and O–H groups in total. The topological polar surface area (TPSA) is 35.5 Å². The van der Waals surface area contributed by atoms with E-state index in [1.54, 1.807) is 13.2 Å². The number of methoxy groups -OCH3 is 1. The van der Waals surface area contributed by atoms with Crippen molar-refractivity contribution in [2.75, 3.05) is 7.11 Å². The van der Waals surface area contributed by atoms with E-state index < -0.39 is 0 Å². The standard InChI is InChI=1S/C16H20O3/c1-11-5-3-4-8-16(11)10-14(17)13-9-12(18-2)6-7-15(13)19-16/h6-7,9,11H,3-5,8,10H2,1-2H3. The highest BCUT2D eigenvalue weighted by Crippen LogP contribution is 2.45. The maximum Gasteiger partial charge on any atom is 0.170 e. The first-order valence-corrected chi connectivity index (χ1v) is 7.05. The smallest absolute Gasteiger partial charge is 0.170 e. The van der Waals surface area contributed by atoms with E-state index in [0.29, 0.717) is 23.7 Å². The van der Waals surface area contributed by atoms with E-state index in [4.69, 9.17) is 9.47 Å². The largest absolute Gasteiger partial charge is 0.497 e. The lowest BCUT2D eigenvalue weighted by molar-refractivity contribution is -0.0258. The van der Waals surface area contributed by atoms with Crippen molar-refractivity contribution >= 4 is 5.78 Å². The van der Waals surface area contributed by atoms with Crippen molar-refractivity contribution in [2.45, 2.75) is 44.6 Å². The van der Waals surface area contributed by atoms with Gasteiger partial charge in [-0.3, -0.25) is 4.79 Å². The number of ether oxygens (including phenoxy) is 2. The zero-order valence-corrected chi connectivity index (χ0v) is 11.6. The summed E-state index contributed by atoms with van der Waals surface area (Å²) < 4.78 is 11.4. The predicted octanol–water partition coefficient (Wildman–Crippen LogP) is 3.61. The van der Waals surface area contributed by atoms with Gasteiger partial charge in [-0.25, -0.2) is 0 Å². The second-order valence-corrected chi connectivity index (χ2v) is 5.78. The third kappa shape index (κ3) is 2.01.